The van der Waals surface area contributed by atoms with Crippen LogP contribution in [0.1, 0.15) is 13.3 Å². The Bertz CT molecular complexity index is 133. The summed E-state index contributed by atoms with van der Waals surface area (Å²) in [6.45, 7) is 3.04. The zero-order chi connectivity index (χ0) is 5.82. The van der Waals surface area contributed by atoms with Crippen molar-refractivity contribution in [3.05, 3.63) is 12.4 Å². The van der Waals surface area contributed by atoms with E-state index in [9.17, 15) is 0 Å². The van der Waals surface area contributed by atoms with Gasteiger partial charge in [-0.15, -0.1) is 5.10 Å². The lowest BCUT2D eigenvalue weighted by atomic mass is 10.5. The molecule has 0 aliphatic carbocycles. The van der Waals surface area contributed by atoms with Crippen LogP contribution in [0, 0.1) is 6.20 Å². The van der Waals surface area contributed by atoms with Gasteiger partial charge in [-0.25, -0.2) is 0 Å². The second-order valence-electron chi connectivity index (χ2n) is 1.61. The van der Waals surface area contributed by atoms with E-state index in [0.29, 0.717) is 0 Å². The Hall–Kier alpha value is -0.860. The summed E-state index contributed by atoms with van der Waals surface area (Å²) in [5.41, 5.74) is 0. The maximum absolute atomic E-state index is 3.72. The number of hydrogen-bond donors (Lipinski definition) is 0. The molecule has 0 aliphatic rings. The van der Waals surface area contributed by atoms with Crippen LogP contribution in [-0.4, -0.2) is 15.0 Å². The molecular weight excluding hydrogens is 102 g/mol. The molecule has 0 saturated heterocycles. The van der Waals surface area contributed by atoms with Crippen LogP contribution in [0.2, 0.25) is 0 Å². The van der Waals surface area contributed by atoms with E-state index in [1.54, 1.807) is 10.9 Å². The summed E-state index contributed by atoms with van der Waals surface area (Å²) in [6.07, 6.45) is 5.45. The lowest BCUT2D eigenvalue weighted by Gasteiger charge is -1.90. The summed E-state index contributed by atoms with van der Waals surface area (Å²) in [5.74, 6) is 0. The second kappa shape index (κ2) is 2.45. The molecule has 0 bridgehead atoms. The Kier molecular flexibility index (Phi) is 1.62. The first-order valence-corrected chi connectivity index (χ1v) is 2.69. The summed E-state index contributed by atoms with van der Waals surface area (Å²) >= 11 is 0. The molecule has 1 aromatic rings. The van der Waals surface area contributed by atoms with Gasteiger partial charge in [0.05, 0.1) is 6.20 Å². The zero-order valence-electron chi connectivity index (χ0n) is 4.83. The zero-order valence-corrected chi connectivity index (χ0v) is 4.83. The van der Waals surface area contributed by atoms with Crippen molar-refractivity contribution in [2.24, 2.45) is 0 Å². The number of rotatable bonds is 2. The molecule has 0 atom stereocenters. The van der Waals surface area contributed by atoms with Crippen molar-refractivity contribution in [3.63, 3.8) is 0 Å². The van der Waals surface area contributed by atoms with Gasteiger partial charge in [0, 0.05) is 6.54 Å². The number of aryl methyl sites for hydroxylation is 1. The first kappa shape index (κ1) is 5.28. The Labute approximate surface area is 48.3 Å². The van der Waals surface area contributed by atoms with Crippen LogP contribution >= 0.6 is 0 Å². The quantitative estimate of drug-likeness (QED) is 0.554. The number of hydrogen-bond acceptors (Lipinski definition) is 2. The molecule has 1 aromatic heterocycles. The standard InChI is InChI=1S/C5H8N3/c1-2-4-8-5-3-6-7-8/h5H,2,4H2,1H3. The second-order valence-corrected chi connectivity index (χ2v) is 1.61. The highest BCUT2D eigenvalue weighted by atomic mass is 15.4. The van der Waals surface area contributed by atoms with E-state index in [1.165, 1.54) is 0 Å². The maximum atomic E-state index is 3.72. The molecule has 0 unspecified atom stereocenters. The van der Waals surface area contributed by atoms with Gasteiger partial charge in [0.2, 0.25) is 0 Å². The number of nitrogens with zero attached hydrogens (tertiary/aromatic N) is 3. The van der Waals surface area contributed by atoms with Crippen LogP contribution in [0.25, 0.3) is 0 Å². The molecule has 1 heterocycles. The predicted octanol–water partition coefficient (Wildman–Crippen LogP) is 0.488. The van der Waals surface area contributed by atoms with Crippen molar-refractivity contribution in [2.45, 2.75) is 19.9 Å². The van der Waals surface area contributed by atoms with E-state index >= 15 is 0 Å². The average Bonchev–Trinajstić information content (AvgIpc) is 2.19. The highest BCUT2D eigenvalue weighted by Gasteiger charge is 1.84. The predicted molar refractivity (Wildman–Crippen MR) is 29.1 cm³/mol. The van der Waals surface area contributed by atoms with Gasteiger partial charge in [-0.1, -0.05) is 12.1 Å². The molecule has 0 saturated carbocycles. The summed E-state index contributed by atoms with van der Waals surface area (Å²) < 4.78 is 1.76. The van der Waals surface area contributed by atoms with Gasteiger partial charge >= 0.3 is 0 Å². The van der Waals surface area contributed by atoms with E-state index in [0.717, 1.165) is 13.0 Å². The van der Waals surface area contributed by atoms with Crippen molar-refractivity contribution < 1.29 is 0 Å². The van der Waals surface area contributed by atoms with Crippen molar-refractivity contribution in [1.82, 2.24) is 15.0 Å². The Morgan fingerprint density at radius 3 is 3.12 bits per heavy atom. The van der Waals surface area contributed by atoms with Gasteiger partial charge in [0.25, 0.3) is 0 Å². The number of aromatic nitrogens is 3. The van der Waals surface area contributed by atoms with Gasteiger partial charge in [0.15, 0.2) is 0 Å². The highest BCUT2D eigenvalue weighted by molar-refractivity contribution is 4.59. The fraction of sp³-hybridized carbons (Fsp3) is 0.600. The first-order chi connectivity index (χ1) is 3.93. The Balaban J connectivity index is 2.50. The Morgan fingerprint density at radius 1 is 1.75 bits per heavy atom. The smallest absolute Gasteiger partial charge is 0.134 e. The van der Waals surface area contributed by atoms with Crippen molar-refractivity contribution in [1.29, 1.82) is 0 Å². The third-order valence-corrected chi connectivity index (χ3v) is 0.877. The van der Waals surface area contributed by atoms with Gasteiger partial charge in [-0.2, -0.15) is 0 Å². The molecule has 0 aliphatic heterocycles. The third kappa shape index (κ3) is 1.05. The largest absolute Gasteiger partial charge is 0.252 e. The normalized spacial score (nSPS) is 9.62. The molecule has 43 valence electrons. The van der Waals surface area contributed by atoms with Gasteiger partial charge in [-0.05, 0) is 6.42 Å². The summed E-state index contributed by atoms with van der Waals surface area (Å²) in [7, 11) is 0. The molecular formula is C5H8N3. The van der Waals surface area contributed by atoms with E-state index in [-0.39, 0.29) is 0 Å². The molecule has 0 fully saturated rings. The molecule has 1 radical (unpaired) electrons. The lowest BCUT2D eigenvalue weighted by Crippen LogP contribution is -1.96. The SMILES string of the molecule is CCCn1c[c]nn1. The van der Waals surface area contributed by atoms with Crippen LogP contribution in [0.4, 0.5) is 0 Å². The lowest BCUT2D eigenvalue weighted by molar-refractivity contribution is 0.579. The van der Waals surface area contributed by atoms with Crippen molar-refractivity contribution in [2.75, 3.05) is 0 Å². The first-order valence-electron chi connectivity index (χ1n) is 2.69. The summed E-state index contributed by atoms with van der Waals surface area (Å²) in [6, 6.07) is 0. The Morgan fingerprint density at radius 2 is 2.62 bits per heavy atom. The van der Waals surface area contributed by atoms with Crippen LogP contribution in [0.3, 0.4) is 0 Å². The van der Waals surface area contributed by atoms with Gasteiger partial charge in [-0.3, -0.25) is 4.68 Å². The molecule has 0 N–H and O–H groups in total. The molecule has 8 heavy (non-hydrogen) atoms. The van der Waals surface area contributed by atoms with Crippen LogP contribution in [0.15, 0.2) is 6.20 Å². The van der Waals surface area contributed by atoms with E-state index in [1.807, 2.05) is 0 Å². The average molecular weight is 110 g/mol. The fourth-order valence-electron chi connectivity index (χ4n) is 0.540. The van der Waals surface area contributed by atoms with E-state index in [2.05, 4.69) is 23.4 Å². The van der Waals surface area contributed by atoms with Crippen molar-refractivity contribution in [3.8, 4) is 0 Å². The topological polar surface area (TPSA) is 30.7 Å². The molecule has 3 heteroatoms. The van der Waals surface area contributed by atoms with E-state index in [4.69, 9.17) is 0 Å². The monoisotopic (exact) mass is 110 g/mol. The minimum atomic E-state index is 0.941. The minimum Gasteiger partial charge on any atom is -0.252 e. The summed E-state index contributed by atoms with van der Waals surface area (Å²) in [4.78, 5) is 0. The van der Waals surface area contributed by atoms with Crippen LogP contribution < -0.4 is 0 Å². The maximum Gasteiger partial charge on any atom is 0.134 e. The molecule has 3 nitrogen and oxygen atoms in total. The molecule has 0 spiro atoms. The van der Waals surface area contributed by atoms with Gasteiger partial charge < -0.3 is 0 Å². The minimum absolute atomic E-state index is 0.941. The summed E-state index contributed by atoms with van der Waals surface area (Å²) in [5, 5.41) is 7.25. The third-order valence-electron chi connectivity index (χ3n) is 0.877. The van der Waals surface area contributed by atoms with Crippen molar-refractivity contribution >= 4 is 0 Å². The van der Waals surface area contributed by atoms with Crippen LogP contribution in [0.5, 0.6) is 0 Å². The molecule has 0 aromatic carbocycles. The van der Waals surface area contributed by atoms with Crippen LogP contribution in [-0.2, 0) is 6.54 Å². The molecule has 1 rings (SSSR count). The highest BCUT2D eigenvalue weighted by Crippen LogP contribution is 1.82. The van der Waals surface area contributed by atoms with E-state index < -0.39 is 0 Å². The molecule has 0 amide bonds. The fourth-order valence-corrected chi connectivity index (χ4v) is 0.540. The van der Waals surface area contributed by atoms with Gasteiger partial charge in [0.1, 0.15) is 6.20 Å².